The Morgan fingerprint density at radius 3 is 2.81 bits per heavy atom. The zero-order valence-electron chi connectivity index (χ0n) is 12.6. The van der Waals surface area contributed by atoms with Gasteiger partial charge in [-0.15, -0.1) is 0 Å². The molecule has 0 atom stereocenters. The number of hydrogen-bond donors (Lipinski definition) is 1. The zero-order valence-corrected chi connectivity index (χ0v) is 12.6. The summed E-state index contributed by atoms with van der Waals surface area (Å²) in [6.45, 7) is 3.89. The van der Waals surface area contributed by atoms with Gasteiger partial charge in [-0.1, -0.05) is 17.7 Å². The van der Waals surface area contributed by atoms with Crippen molar-refractivity contribution in [2.45, 2.75) is 26.3 Å². The van der Waals surface area contributed by atoms with Gasteiger partial charge in [0.05, 0.1) is 7.11 Å². The average Bonchev–Trinajstić information content (AvgIpc) is 2.49. The van der Waals surface area contributed by atoms with Crippen LogP contribution < -0.4 is 9.64 Å². The van der Waals surface area contributed by atoms with Crippen molar-refractivity contribution in [2.24, 2.45) is 0 Å². The SMILES string of the molecule is COc1ccc(CN2CCCc3cc(C)ccc32)c(O)c1. The Morgan fingerprint density at radius 2 is 2.05 bits per heavy atom. The normalized spacial score (nSPS) is 13.9. The quantitative estimate of drug-likeness (QED) is 0.933. The maximum atomic E-state index is 10.1. The summed E-state index contributed by atoms with van der Waals surface area (Å²) in [4.78, 5) is 2.35. The van der Waals surface area contributed by atoms with Gasteiger partial charge in [-0.05, 0) is 43.5 Å². The molecular formula is C18H21NO2. The Labute approximate surface area is 125 Å². The number of rotatable bonds is 3. The van der Waals surface area contributed by atoms with E-state index in [4.69, 9.17) is 4.74 Å². The summed E-state index contributed by atoms with van der Waals surface area (Å²) in [6, 6.07) is 12.1. The second kappa shape index (κ2) is 5.68. The smallest absolute Gasteiger partial charge is 0.124 e. The van der Waals surface area contributed by atoms with Crippen LogP contribution in [0.25, 0.3) is 0 Å². The third kappa shape index (κ3) is 2.82. The van der Waals surface area contributed by atoms with Gasteiger partial charge >= 0.3 is 0 Å². The summed E-state index contributed by atoms with van der Waals surface area (Å²) >= 11 is 0. The van der Waals surface area contributed by atoms with E-state index in [0.29, 0.717) is 11.5 Å². The van der Waals surface area contributed by atoms with Crippen molar-refractivity contribution in [2.75, 3.05) is 18.6 Å². The second-order valence-corrected chi connectivity index (χ2v) is 5.65. The van der Waals surface area contributed by atoms with Crippen molar-refractivity contribution in [1.29, 1.82) is 0 Å². The van der Waals surface area contributed by atoms with E-state index in [9.17, 15) is 5.11 Å². The first-order valence-corrected chi connectivity index (χ1v) is 7.38. The monoisotopic (exact) mass is 283 g/mol. The van der Waals surface area contributed by atoms with Crippen molar-refractivity contribution in [3.8, 4) is 11.5 Å². The van der Waals surface area contributed by atoms with E-state index in [1.54, 1.807) is 13.2 Å². The summed E-state index contributed by atoms with van der Waals surface area (Å²) in [7, 11) is 1.61. The van der Waals surface area contributed by atoms with Crippen LogP contribution in [-0.2, 0) is 13.0 Å². The lowest BCUT2D eigenvalue weighted by atomic mass is 9.99. The van der Waals surface area contributed by atoms with E-state index in [1.807, 2.05) is 12.1 Å². The molecule has 1 N–H and O–H groups in total. The molecule has 0 aliphatic carbocycles. The molecule has 1 aliphatic rings. The lowest BCUT2D eigenvalue weighted by Crippen LogP contribution is -2.28. The predicted octanol–water partition coefficient (Wildman–Crippen LogP) is 3.66. The maximum Gasteiger partial charge on any atom is 0.124 e. The number of phenols is 1. The zero-order chi connectivity index (χ0) is 14.8. The van der Waals surface area contributed by atoms with E-state index < -0.39 is 0 Å². The van der Waals surface area contributed by atoms with Crippen LogP contribution in [-0.4, -0.2) is 18.8 Å². The molecule has 0 saturated heterocycles. The van der Waals surface area contributed by atoms with E-state index in [0.717, 1.165) is 31.5 Å². The van der Waals surface area contributed by atoms with Gasteiger partial charge in [0.1, 0.15) is 11.5 Å². The first-order chi connectivity index (χ1) is 10.2. The largest absolute Gasteiger partial charge is 0.507 e. The molecule has 1 heterocycles. The van der Waals surface area contributed by atoms with E-state index in [-0.39, 0.29) is 0 Å². The molecule has 2 aromatic carbocycles. The van der Waals surface area contributed by atoms with Gasteiger partial charge in [0.25, 0.3) is 0 Å². The van der Waals surface area contributed by atoms with Gasteiger partial charge in [0.2, 0.25) is 0 Å². The standard InChI is InChI=1S/C18H21NO2/c1-13-5-8-17-14(10-13)4-3-9-19(17)12-15-6-7-16(21-2)11-18(15)20/h5-8,10-11,20H,3-4,9,12H2,1-2H3. The summed E-state index contributed by atoms with van der Waals surface area (Å²) < 4.78 is 5.14. The third-order valence-corrected chi connectivity index (χ3v) is 4.10. The first-order valence-electron chi connectivity index (χ1n) is 7.38. The minimum atomic E-state index is 0.300. The minimum Gasteiger partial charge on any atom is -0.507 e. The van der Waals surface area contributed by atoms with Crippen molar-refractivity contribution in [1.82, 2.24) is 0 Å². The van der Waals surface area contributed by atoms with Gasteiger partial charge in [-0.3, -0.25) is 0 Å². The molecular weight excluding hydrogens is 262 g/mol. The Morgan fingerprint density at radius 1 is 1.19 bits per heavy atom. The Kier molecular flexibility index (Phi) is 3.74. The molecule has 110 valence electrons. The molecule has 0 radical (unpaired) electrons. The highest BCUT2D eigenvalue weighted by Gasteiger charge is 2.18. The van der Waals surface area contributed by atoms with Gasteiger partial charge < -0.3 is 14.7 Å². The summed E-state index contributed by atoms with van der Waals surface area (Å²) in [5, 5.41) is 10.1. The molecule has 0 fully saturated rings. The van der Waals surface area contributed by atoms with Crippen molar-refractivity contribution < 1.29 is 9.84 Å². The lowest BCUT2D eigenvalue weighted by molar-refractivity contribution is 0.406. The third-order valence-electron chi connectivity index (χ3n) is 4.10. The maximum absolute atomic E-state index is 10.1. The molecule has 0 aromatic heterocycles. The number of phenolic OH excluding ortho intramolecular Hbond substituents is 1. The Bertz CT molecular complexity index is 652. The van der Waals surface area contributed by atoms with Crippen LogP contribution in [0, 0.1) is 6.92 Å². The van der Waals surface area contributed by atoms with Crippen LogP contribution in [0.1, 0.15) is 23.1 Å². The summed E-state index contributed by atoms with van der Waals surface area (Å²) in [5.41, 5.74) is 4.95. The van der Waals surface area contributed by atoms with Crippen LogP contribution in [0.4, 0.5) is 5.69 Å². The van der Waals surface area contributed by atoms with Crippen molar-refractivity contribution >= 4 is 5.69 Å². The molecule has 0 unspecified atom stereocenters. The molecule has 1 aliphatic heterocycles. The number of ether oxygens (including phenoxy) is 1. The molecule has 3 rings (SSSR count). The fourth-order valence-electron chi connectivity index (χ4n) is 2.98. The van der Waals surface area contributed by atoms with Crippen LogP contribution >= 0.6 is 0 Å². The number of fused-ring (bicyclic) bond motifs is 1. The van der Waals surface area contributed by atoms with E-state index in [1.165, 1.54) is 16.8 Å². The number of benzene rings is 2. The molecule has 0 amide bonds. The van der Waals surface area contributed by atoms with Crippen LogP contribution in [0.15, 0.2) is 36.4 Å². The Hall–Kier alpha value is -2.16. The topological polar surface area (TPSA) is 32.7 Å². The molecule has 21 heavy (non-hydrogen) atoms. The second-order valence-electron chi connectivity index (χ2n) is 5.65. The number of anilines is 1. The summed E-state index contributed by atoms with van der Waals surface area (Å²) in [6.07, 6.45) is 2.30. The highest BCUT2D eigenvalue weighted by molar-refractivity contribution is 5.57. The number of nitrogens with zero attached hydrogens (tertiary/aromatic N) is 1. The summed E-state index contributed by atoms with van der Waals surface area (Å²) in [5.74, 6) is 0.986. The Balaban J connectivity index is 1.87. The molecule has 0 spiro atoms. The fraction of sp³-hybridized carbons (Fsp3) is 0.333. The van der Waals surface area contributed by atoms with Gasteiger partial charge in [0.15, 0.2) is 0 Å². The number of aromatic hydroxyl groups is 1. The van der Waals surface area contributed by atoms with Gasteiger partial charge in [-0.2, -0.15) is 0 Å². The number of aryl methyl sites for hydroxylation is 2. The first kappa shape index (κ1) is 13.8. The van der Waals surface area contributed by atoms with Crippen LogP contribution in [0.5, 0.6) is 11.5 Å². The van der Waals surface area contributed by atoms with Crippen molar-refractivity contribution in [3.05, 3.63) is 53.1 Å². The van der Waals surface area contributed by atoms with E-state index in [2.05, 4.69) is 30.0 Å². The predicted molar refractivity (Wildman–Crippen MR) is 85.2 cm³/mol. The number of methoxy groups -OCH3 is 1. The minimum absolute atomic E-state index is 0.300. The average molecular weight is 283 g/mol. The van der Waals surface area contributed by atoms with Gasteiger partial charge in [-0.25, -0.2) is 0 Å². The molecule has 0 bridgehead atoms. The molecule has 0 saturated carbocycles. The van der Waals surface area contributed by atoms with Crippen LogP contribution in [0.3, 0.4) is 0 Å². The molecule has 3 heteroatoms. The number of hydrogen-bond acceptors (Lipinski definition) is 3. The molecule has 2 aromatic rings. The van der Waals surface area contributed by atoms with E-state index >= 15 is 0 Å². The van der Waals surface area contributed by atoms with Gasteiger partial charge in [0, 0.05) is 30.4 Å². The fourth-order valence-corrected chi connectivity index (χ4v) is 2.98. The highest BCUT2D eigenvalue weighted by atomic mass is 16.5. The lowest BCUT2D eigenvalue weighted by Gasteiger charge is -2.32. The highest BCUT2D eigenvalue weighted by Crippen LogP contribution is 2.31. The van der Waals surface area contributed by atoms with Crippen LogP contribution in [0.2, 0.25) is 0 Å². The van der Waals surface area contributed by atoms with Crippen molar-refractivity contribution in [3.63, 3.8) is 0 Å². The molecule has 3 nitrogen and oxygen atoms in total.